The molecule has 2 heterocycles. The summed E-state index contributed by atoms with van der Waals surface area (Å²) in [5, 5.41) is 17.0. The van der Waals surface area contributed by atoms with Crippen LogP contribution in [0.3, 0.4) is 0 Å². The average Bonchev–Trinajstić information content (AvgIpc) is 3.79. The van der Waals surface area contributed by atoms with Crippen molar-refractivity contribution in [2.24, 2.45) is 17.6 Å². The smallest absolute Gasteiger partial charge is 0.407 e. The van der Waals surface area contributed by atoms with E-state index in [1.165, 1.54) is 0 Å². The first-order valence-electron chi connectivity index (χ1n) is 16.9. The second-order valence-corrected chi connectivity index (χ2v) is 14.0. The molecule has 2 aromatic heterocycles. The van der Waals surface area contributed by atoms with Crippen LogP contribution in [-0.2, 0) is 20.7 Å². The maximum Gasteiger partial charge on any atom is 0.407 e. The van der Waals surface area contributed by atoms with Gasteiger partial charge in [-0.3, -0.25) is 14.5 Å². The SMILES string of the molecule is Cc1cc2nc[nH]c2cc1-c1ccc(C[C@@H](C(N)=O)N(c2ccc(-c3nn[nH]n3)cc2)C(=O)[C@H]2CC[C@H](CNC(=O)OC(C)(C)C)CC2)cc1. The van der Waals surface area contributed by atoms with Gasteiger partial charge >= 0.3 is 6.09 Å². The molecule has 0 bridgehead atoms. The number of hydrogen-bond donors (Lipinski definition) is 4. The zero-order valence-electron chi connectivity index (χ0n) is 28.8. The first kappa shape index (κ1) is 34.3. The number of nitrogens with one attached hydrogen (secondary N) is 3. The molecule has 1 fully saturated rings. The molecule has 5 N–H and O–H groups in total. The monoisotopic (exact) mass is 677 g/mol. The highest BCUT2D eigenvalue weighted by atomic mass is 16.6. The van der Waals surface area contributed by atoms with Gasteiger partial charge in [-0.1, -0.05) is 24.3 Å². The zero-order chi connectivity index (χ0) is 35.4. The van der Waals surface area contributed by atoms with Crippen molar-refractivity contribution in [1.82, 2.24) is 35.9 Å². The van der Waals surface area contributed by atoms with Crippen LogP contribution in [0.1, 0.15) is 57.6 Å². The van der Waals surface area contributed by atoms with Crippen LogP contribution in [-0.4, -0.2) is 66.7 Å². The maximum absolute atomic E-state index is 14.4. The van der Waals surface area contributed by atoms with Crippen molar-refractivity contribution in [2.75, 3.05) is 11.4 Å². The summed E-state index contributed by atoms with van der Waals surface area (Å²) in [5.74, 6) is -0.423. The number of nitrogens with two attached hydrogens (primary N) is 1. The van der Waals surface area contributed by atoms with Crippen molar-refractivity contribution < 1.29 is 19.1 Å². The van der Waals surface area contributed by atoms with Crippen molar-refractivity contribution in [3.63, 3.8) is 0 Å². The van der Waals surface area contributed by atoms with E-state index in [9.17, 15) is 14.4 Å². The van der Waals surface area contributed by atoms with E-state index in [0.29, 0.717) is 36.5 Å². The van der Waals surface area contributed by atoms with Crippen molar-refractivity contribution in [2.45, 2.75) is 71.4 Å². The average molecular weight is 678 g/mol. The van der Waals surface area contributed by atoms with E-state index >= 15 is 0 Å². The highest BCUT2D eigenvalue weighted by molar-refractivity contribution is 6.02. The molecule has 0 radical (unpaired) electrons. The molecule has 50 heavy (non-hydrogen) atoms. The van der Waals surface area contributed by atoms with Gasteiger partial charge in [0.1, 0.15) is 11.6 Å². The molecule has 3 aromatic carbocycles. The fourth-order valence-corrected chi connectivity index (χ4v) is 6.63. The molecular weight excluding hydrogens is 634 g/mol. The number of tetrazole rings is 1. The molecule has 0 saturated heterocycles. The lowest BCUT2D eigenvalue weighted by atomic mass is 9.81. The topological polar surface area (TPSA) is 185 Å². The van der Waals surface area contributed by atoms with E-state index in [-0.39, 0.29) is 24.2 Å². The van der Waals surface area contributed by atoms with E-state index in [1.807, 2.05) is 45.0 Å². The minimum atomic E-state index is -0.931. The van der Waals surface area contributed by atoms with Gasteiger partial charge in [-0.25, -0.2) is 9.78 Å². The summed E-state index contributed by atoms with van der Waals surface area (Å²) in [6, 6.07) is 18.4. The van der Waals surface area contributed by atoms with E-state index in [4.69, 9.17) is 10.5 Å². The summed E-state index contributed by atoms with van der Waals surface area (Å²) >= 11 is 0. The minimum absolute atomic E-state index is 0.153. The Morgan fingerprint density at radius 3 is 2.34 bits per heavy atom. The van der Waals surface area contributed by atoms with Crippen LogP contribution < -0.4 is 16.0 Å². The fraction of sp³-hybridized carbons (Fsp3) is 0.378. The first-order valence-corrected chi connectivity index (χ1v) is 16.9. The molecule has 1 saturated carbocycles. The summed E-state index contributed by atoms with van der Waals surface area (Å²) in [7, 11) is 0. The Labute approximate surface area is 290 Å². The number of H-pyrrole nitrogens is 2. The van der Waals surface area contributed by atoms with E-state index < -0.39 is 23.6 Å². The quantitative estimate of drug-likeness (QED) is 0.150. The number of carbonyl (C=O) groups is 3. The number of rotatable bonds is 10. The number of nitrogens with zero attached hydrogens (tertiary/aromatic N) is 5. The summed E-state index contributed by atoms with van der Waals surface area (Å²) in [4.78, 5) is 48.9. The molecule has 3 amide bonds. The normalized spacial score (nSPS) is 16.9. The van der Waals surface area contributed by atoms with E-state index in [0.717, 1.165) is 46.1 Å². The largest absolute Gasteiger partial charge is 0.444 e. The first-order chi connectivity index (χ1) is 23.9. The Morgan fingerprint density at radius 2 is 1.70 bits per heavy atom. The van der Waals surface area contributed by atoms with Crippen LogP contribution in [0.2, 0.25) is 0 Å². The predicted molar refractivity (Wildman–Crippen MR) is 190 cm³/mol. The van der Waals surface area contributed by atoms with E-state index in [2.05, 4.69) is 55.0 Å². The van der Waals surface area contributed by atoms with Gasteiger partial charge in [0.05, 0.1) is 17.4 Å². The third kappa shape index (κ3) is 7.99. The van der Waals surface area contributed by atoms with Crippen LogP contribution in [0, 0.1) is 18.8 Å². The number of alkyl carbamates (subject to hydrolysis) is 1. The van der Waals surface area contributed by atoms with Gasteiger partial charge in [-0.15, -0.1) is 10.2 Å². The fourth-order valence-electron chi connectivity index (χ4n) is 6.63. The molecule has 1 aliphatic rings. The molecule has 5 aromatic rings. The Kier molecular flexibility index (Phi) is 9.93. The molecule has 260 valence electrons. The Hall–Kier alpha value is -5.59. The number of carbonyl (C=O) groups excluding carboxylic acids is 3. The maximum atomic E-state index is 14.4. The van der Waals surface area contributed by atoms with E-state index in [1.54, 1.807) is 35.5 Å². The predicted octanol–water partition coefficient (Wildman–Crippen LogP) is 5.48. The number of hydrogen-bond acceptors (Lipinski definition) is 8. The highest BCUT2D eigenvalue weighted by Crippen LogP contribution is 2.34. The Morgan fingerprint density at radius 1 is 1.00 bits per heavy atom. The number of aromatic amines is 2. The molecule has 6 rings (SSSR count). The lowest BCUT2D eigenvalue weighted by Gasteiger charge is -2.36. The lowest BCUT2D eigenvalue weighted by Crippen LogP contribution is -2.52. The van der Waals surface area contributed by atoms with Gasteiger partial charge in [-0.2, -0.15) is 5.21 Å². The summed E-state index contributed by atoms with van der Waals surface area (Å²) in [5.41, 5.74) is 12.7. The number of primary amides is 1. The molecule has 0 aliphatic heterocycles. The molecular formula is C37H43N9O4. The summed E-state index contributed by atoms with van der Waals surface area (Å²) < 4.78 is 5.37. The van der Waals surface area contributed by atoms with Gasteiger partial charge in [0.25, 0.3) is 0 Å². The third-order valence-corrected chi connectivity index (χ3v) is 9.22. The summed E-state index contributed by atoms with van der Waals surface area (Å²) in [6.07, 6.45) is 4.22. The number of anilines is 1. The van der Waals surface area contributed by atoms with Crippen LogP contribution in [0.5, 0.6) is 0 Å². The van der Waals surface area contributed by atoms with Crippen molar-refractivity contribution in [1.29, 1.82) is 0 Å². The minimum Gasteiger partial charge on any atom is -0.444 e. The second kappa shape index (κ2) is 14.5. The van der Waals surface area contributed by atoms with Gasteiger partial charge in [-0.05, 0) is 123 Å². The van der Waals surface area contributed by atoms with Crippen molar-refractivity contribution in [3.8, 4) is 22.5 Å². The summed E-state index contributed by atoms with van der Waals surface area (Å²) in [6.45, 7) is 8.01. The Balaban J connectivity index is 1.21. The van der Waals surface area contributed by atoms with Crippen molar-refractivity contribution in [3.05, 3.63) is 78.1 Å². The molecule has 1 atom stereocenters. The molecule has 1 aliphatic carbocycles. The van der Waals surface area contributed by atoms with Crippen LogP contribution in [0.4, 0.5) is 10.5 Å². The van der Waals surface area contributed by atoms with Crippen molar-refractivity contribution >= 4 is 34.6 Å². The van der Waals surface area contributed by atoms with Gasteiger partial charge in [0, 0.05) is 30.1 Å². The third-order valence-electron chi connectivity index (χ3n) is 9.22. The number of imidazole rings is 1. The highest BCUT2D eigenvalue weighted by Gasteiger charge is 2.36. The standard InChI is InChI=1S/C37H43N9O4/c1-22-17-30-31(41-21-40-30)19-29(22)25-9-5-23(6-10-25)18-32(33(38)47)46(28-15-13-26(14-16-28)34-42-44-45-43-34)35(48)27-11-7-24(8-12-27)20-39-36(49)50-37(2,3)4/h5-6,9-10,13-17,19,21,24,27,32H,7-8,11-12,18,20H2,1-4H3,(H2,38,47)(H,39,49)(H,40,41)(H,42,43,44,45)/t24-,27-,32-/m0/s1. The number of ether oxygens (including phenoxy) is 1. The number of benzene rings is 3. The van der Waals surface area contributed by atoms with Gasteiger partial charge in [0.15, 0.2) is 0 Å². The number of aromatic nitrogens is 6. The molecule has 13 heteroatoms. The zero-order valence-corrected chi connectivity index (χ0v) is 28.8. The molecule has 0 unspecified atom stereocenters. The van der Waals surface area contributed by atoms with Crippen LogP contribution >= 0.6 is 0 Å². The Bertz CT molecular complexity index is 1940. The molecule has 13 nitrogen and oxygen atoms in total. The van der Waals surface area contributed by atoms with Gasteiger partial charge < -0.3 is 20.8 Å². The van der Waals surface area contributed by atoms with Crippen LogP contribution in [0.15, 0.2) is 67.0 Å². The van der Waals surface area contributed by atoms with Crippen LogP contribution in [0.25, 0.3) is 33.5 Å². The number of fused-ring (bicyclic) bond motifs is 1. The van der Waals surface area contributed by atoms with Gasteiger partial charge in [0.2, 0.25) is 17.6 Å². The number of amides is 3. The second-order valence-electron chi connectivity index (χ2n) is 14.0. The lowest BCUT2D eigenvalue weighted by molar-refractivity contribution is -0.127. The number of aryl methyl sites for hydroxylation is 1. The molecule has 0 spiro atoms.